The molecule has 0 radical (unpaired) electrons. The maximum atomic E-state index is 13.8. The molecule has 172 valence electrons. The molecule has 2 aromatic rings. The van der Waals surface area contributed by atoms with Crippen LogP contribution in [0.3, 0.4) is 0 Å². The molecular weight excluding hydrogens is 424 g/mol. The van der Waals surface area contributed by atoms with Gasteiger partial charge >= 0.3 is 11.2 Å². The van der Waals surface area contributed by atoms with Gasteiger partial charge in [0.05, 0.1) is 4.92 Å². The Balaban J connectivity index is 1.41. The van der Waals surface area contributed by atoms with E-state index < -0.39 is 22.2 Å². The Labute approximate surface area is 190 Å². The number of nitro groups is 1. The molecule has 0 N–H and O–H groups in total. The molecule has 0 spiro atoms. The van der Waals surface area contributed by atoms with E-state index in [0.29, 0.717) is 31.7 Å². The zero-order chi connectivity index (χ0) is 23.4. The summed E-state index contributed by atoms with van der Waals surface area (Å²) in [5.74, 6) is -0.263. The summed E-state index contributed by atoms with van der Waals surface area (Å²) in [6, 6.07) is 9.82. The minimum atomic E-state index is -0.645. The van der Waals surface area contributed by atoms with E-state index >= 15 is 0 Å². The molecule has 3 atom stereocenters. The number of likely N-dealkylation sites (tertiary alicyclic amines) is 1. The first kappa shape index (κ1) is 21.4. The summed E-state index contributed by atoms with van der Waals surface area (Å²) in [7, 11) is 0. The second-order valence-electron chi connectivity index (χ2n) is 9.64. The van der Waals surface area contributed by atoms with Gasteiger partial charge < -0.3 is 14.4 Å². The number of benzene rings is 1. The fourth-order valence-corrected chi connectivity index (χ4v) is 5.72. The Morgan fingerprint density at radius 3 is 2.55 bits per heavy atom. The summed E-state index contributed by atoms with van der Waals surface area (Å²) < 4.78 is 1.51. The number of fused-ring (bicyclic) bond motifs is 5. The van der Waals surface area contributed by atoms with Crippen molar-refractivity contribution in [3.05, 3.63) is 73.7 Å². The molecule has 3 aliphatic rings. The van der Waals surface area contributed by atoms with Crippen LogP contribution in [0.25, 0.3) is 0 Å². The predicted molar refractivity (Wildman–Crippen MR) is 120 cm³/mol. The first-order valence-corrected chi connectivity index (χ1v) is 11.3. The van der Waals surface area contributed by atoms with Crippen LogP contribution < -0.4 is 5.56 Å². The van der Waals surface area contributed by atoms with Crippen LogP contribution in [-0.2, 0) is 17.9 Å². The number of hydrogen-bond acceptors (Lipinski definition) is 5. The summed E-state index contributed by atoms with van der Waals surface area (Å²) in [4.78, 5) is 53.5. The third-order valence-corrected chi connectivity index (χ3v) is 7.16. The standard InChI is InChI=1S/C24H26N4O5/c1-14(2)21(27-13-16-5-3-4-6-18(16)22(27)29)24(31)25-10-15-9-17(12-25)19-7-8-20(28(32)33)23(30)26(19)11-15/h3-8,14-15,17,21H,9-13H2,1-2H3/t15?,17-,21-/m0/s1. The van der Waals surface area contributed by atoms with Crippen LogP contribution in [-0.4, -0.2) is 50.2 Å². The number of piperidine rings is 1. The normalized spacial score (nSPS) is 22.2. The van der Waals surface area contributed by atoms with E-state index in [4.69, 9.17) is 0 Å². The van der Waals surface area contributed by atoms with Crippen molar-refractivity contribution < 1.29 is 14.5 Å². The van der Waals surface area contributed by atoms with Gasteiger partial charge in [-0.15, -0.1) is 0 Å². The van der Waals surface area contributed by atoms with E-state index in [-0.39, 0.29) is 29.6 Å². The highest BCUT2D eigenvalue weighted by Crippen LogP contribution is 2.37. The molecule has 1 fully saturated rings. The van der Waals surface area contributed by atoms with Gasteiger partial charge in [0.2, 0.25) is 5.91 Å². The Bertz CT molecular complexity index is 1220. The fourth-order valence-electron chi connectivity index (χ4n) is 5.72. The van der Waals surface area contributed by atoms with Crippen LogP contribution >= 0.6 is 0 Å². The summed E-state index contributed by atoms with van der Waals surface area (Å²) in [5, 5.41) is 11.2. The van der Waals surface area contributed by atoms with Gasteiger partial charge in [-0.1, -0.05) is 32.0 Å². The highest BCUT2D eigenvalue weighted by Gasteiger charge is 2.43. The van der Waals surface area contributed by atoms with E-state index in [1.807, 2.05) is 36.9 Å². The monoisotopic (exact) mass is 450 g/mol. The van der Waals surface area contributed by atoms with Crippen molar-refractivity contribution in [1.29, 1.82) is 0 Å². The minimum Gasteiger partial charge on any atom is -0.340 e. The maximum Gasteiger partial charge on any atom is 0.334 e. The molecule has 5 rings (SSSR count). The number of carbonyl (C=O) groups is 2. The zero-order valence-corrected chi connectivity index (χ0v) is 18.6. The number of carbonyl (C=O) groups excluding carboxylic acids is 2. The highest BCUT2D eigenvalue weighted by molar-refractivity contribution is 6.01. The molecule has 4 heterocycles. The molecule has 1 aromatic carbocycles. The van der Waals surface area contributed by atoms with Crippen molar-refractivity contribution in [1.82, 2.24) is 14.4 Å². The Kier molecular flexibility index (Phi) is 5.07. The summed E-state index contributed by atoms with van der Waals surface area (Å²) in [6.07, 6.45) is 0.835. The van der Waals surface area contributed by atoms with Gasteiger partial charge in [0, 0.05) is 49.4 Å². The Morgan fingerprint density at radius 1 is 1.09 bits per heavy atom. The molecule has 2 bridgehead atoms. The second-order valence-corrected chi connectivity index (χ2v) is 9.64. The molecule has 1 aromatic heterocycles. The average Bonchev–Trinajstić information content (AvgIpc) is 3.10. The molecule has 0 saturated carbocycles. The molecule has 0 aliphatic carbocycles. The van der Waals surface area contributed by atoms with Crippen molar-refractivity contribution in [2.45, 2.75) is 45.3 Å². The van der Waals surface area contributed by atoms with Crippen molar-refractivity contribution >= 4 is 17.5 Å². The molecule has 9 heteroatoms. The summed E-state index contributed by atoms with van der Waals surface area (Å²) >= 11 is 0. The topological polar surface area (TPSA) is 106 Å². The summed E-state index contributed by atoms with van der Waals surface area (Å²) in [5.41, 5.74) is 1.34. The molecule has 9 nitrogen and oxygen atoms in total. The van der Waals surface area contributed by atoms with Gasteiger partial charge in [-0.3, -0.25) is 24.5 Å². The number of nitrogens with zero attached hydrogens (tertiary/aromatic N) is 4. The van der Waals surface area contributed by atoms with Crippen LogP contribution in [0.1, 0.15) is 47.8 Å². The SMILES string of the molecule is CC(C)[C@@H](C(=O)N1CC2C[C@@H](C1)c1ccc([N+](=O)[O-])c(=O)n1C2)N1Cc2ccccc2C1=O. The predicted octanol–water partition coefficient (Wildman–Crippen LogP) is 2.38. The molecule has 1 unspecified atom stereocenters. The quantitative estimate of drug-likeness (QED) is 0.525. The van der Waals surface area contributed by atoms with Gasteiger partial charge in [0.25, 0.3) is 5.91 Å². The lowest BCUT2D eigenvalue weighted by Crippen LogP contribution is -2.56. The fraction of sp³-hybridized carbons (Fsp3) is 0.458. The molecular formula is C24H26N4O5. The van der Waals surface area contributed by atoms with Crippen molar-refractivity contribution in [2.24, 2.45) is 11.8 Å². The maximum absolute atomic E-state index is 13.8. The van der Waals surface area contributed by atoms with Gasteiger partial charge in [-0.2, -0.15) is 0 Å². The molecule has 2 amide bonds. The molecule has 33 heavy (non-hydrogen) atoms. The minimum absolute atomic E-state index is 0.0409. The Hall–Kier alpha value is -3.49. The lowest BCUT2D eigenvalue weighted by Gasteiger charge is -2.44. The third-order valence-electron chi connectivity index (χ3n) is 7.16. The number of pyridine rings is 1. The smallest absolute Gasteiger partial charge is 0.334 e. The van der Waals surface area contributed by atoms with Crippen molar-refractivity contribution in [3.8, 4) is 0 Å². The first-order chi connectivity index (χ1) is 15.8. The second kappa shape index (κ2) is 7.83. The molecule has 3 aliphatic heterocycles. The van der Waals surface area contributed by atoms with Crippen LogP contribution in [0, 0.1) is 22.0 Å². The van der Waals surface area contributed by atoms with Crippen LogP contribution in [0.2, 0.25) is 0 Å². The number of hydrogen-bond donors (Lipinski definition) is 0. The van der Waals surface area contributed by atoms with Crippen molar-refractivity contribution in [2.75, 3.05) is 13.1 Å². The molecule has 1 saturated heterocycles. The zero-order valence-electron chi connectivity index (χ0n) is 18.6. The van der Waals surface area contributed by atoms with Gasteiger partial charge in [0.15, 0.2) is 0 Å². The largest absolute Gasteiger partial charge is 0.340 e. The van der Waals surface area contributed by atoms with Gasteiger partial charge in [-0.25, -0.2) is 0 Å². The summed E-state index contributed by atoms with van der Waals surface area (Å²) in [6.45, 7) is 5.60. The van der Waals surface area contributed by atoms with E-state index in [1.54, 1.807) is 17.0 Å². The van der Waals surface area contributed by atoms with E-state index in [1.165, 1.54) is 10.6 Å². The Morgan fingerprint density at radius 2 is 1.85 bits per heavy atom. The first-order valence-electron chi connectivity index (χ1n) is 11.3. The van der Waals surface area contributed by atoms with E-state index in [9.17, 15) is 24.5 Å². The van der Waals surface area contributed by atoms with E-state index in [2.05, 4.69) is 0 Å². The van der Waals surface area contributed by atoms with E-state index in [0.717, 1.165) is 17.7 Å². The van der Waals surface area contributed by atoms with Crippen molar-refractivity contribution in [3.63, 3.8) is 0 Å². The highest BCUT2D eigenvalue weighted by atomic mass is 16.6. The average molecular weight is 450 g/mol. The van der Waals surface area contributed by atoms with Crippen LogP contribution in [0.4, 0.5) is 5.69 Å². The van der Waals surface area contributed by atoms with Gasteiger partial charge in [0.1, 0.15) is 6.04 Å². The number of rotatable bonds is 4. The number of amides is 2. The van der Waals surface area contributed by atoms with Crippen LogP contribution in [0.15, 0.2) is 41.2 Å². The number of aromatic nitrogens is 1. The third kappa shape index (κ3) is 3.42. The lowest BCUT2D eigenvalue weighted by molar-refractivity contribution is -0.386. The lowest BCUT2D eigenvalue weighted by atomic mass is 9.82. The van der Waals surface area contributed by atoms with Crippen LogP contribution in [0.5, 0.6) is 0 Å². The van der Waals surface area contributed by atoms with Gasteiger partial charge in [-0.05, 0) is 36.0 Å².